The number of halogens is 6. The molecular weight excluding hydrogens is 635 g/mol. The third-order valence-corrected chi connectivity index (χ3v) is 10.3. The van der Waals surface area contributed by atoms with Gasteiger partial charge in [-0.15, -0.1) is 0 Å². The predicted molar refractivity (Wildman–Crippen MR) is 164 cm³/mol. The van der Waals surface area contributed by atoms with Gasteiger partial charge in [-0.2, -0.15) is 18.3 Å². The maximum absolute atomic E-state index is 14.1. The number of benzene rings is 2. The molecule has 1 atom stereocenters. The van der Waals surface area contributed by atoms with Gasteiger partial charge in [0.15, 0.2) is 9.84 Å². The summed E-state index contributed by atoms with van der Waals surface area (Å²) in [6.07, 6.45) is -1.83. The number of fused-ring (bicyclic) bond motifs is 2. The molecule has 0 saturated heterocycles. The van der Waals surface area contributed by atoms with Crippen LogP contribution in [0.3, 0.4) is 0 Å². The van der Waals surface area contributed by atoms with Crippen LogP contribution < -0.4 is 5.73 Å². The fourth-order valence-corrected chi connectivity index (χ4v) is 6.20. The van der Waals surface area contributed by atoms with E-state index < -0.39 is 45.0 Å². The van der Waals surface area contributed by atoms with E-state index in [0.29, 0.717) is 47.2 Å². The highest BCUT2D eigenvalue weighted by molar-refractivity contribution is 7.92. The van der Waals surface area contributed by atoms with Gasteiger partial charge in [-0.05, 0) is 87.3 Å². The summed E-state index contributed by atoms with van der Waals surface area (Å²) in [7, 11) is -3.57. The van der Waals surface area contributed by atoms with Crippen LogP contribution in [-0.4, -0.2) is 40.4 Å². The van der Waals surface area contributed by atoms with Gasteiger partial charge in [0.1, 0.15) is 28.6 Å². The number of nitrogens with two attached hydrogens (primary N) is 1. The molecule has 6 nitrogen and oxygen atoms in total. The summed E-state index contributed by atoms with van der Waals surface area (Å²) in [6, 6.07) is 5.22. The molecule has 2 aromatic heterocycles. The molecule has 0 fully saturated rings. The van der Waals surface area contributed by atoms with Gasteiger partial charge in [0.05, 0.1) is 28.0 Å². The van der Waals surface area contributed by atoms with E-state index in [-0.39, 0.29) is 28.2 Å². The summed E-state index contributed by atoms with van der Waals surface area (Å²) >= 11 is 6.50. The van der Waals surface area contributed by atoms with Crippen LogP contribution in [0.5, 0.6) is 0 Å². The Balaban J connectivity index is 1.82. The molecule has 0 saturated carbocycles. The van der Waals surface area contributed by atoms with Crippen molar-refractivity contribution in [2.24, 2.45) is 5.73 Å². The van der Waals surface area contributed by atoms with Crippen molar-refractivity contribution in [3.63, 3.8) is 0 Å². The second kappa shape index (κ2) is 11.7. The van der Waals surface area contributed by atoms with E-state index in [9.17, 15) is 30.4 Å². The molecule has 1 aliphatic rings. The van der Waals surface area contributed by atoms with E-state index in [1.165, 1.54) is 13.8 Å². The molecule has 0 radical (unpaired) electrons. The van der Waals surface area contributed by atoms with Crippen LogP contribution in [0.1, 0.15) is 60.1 Å². The van der Waals surface area contributed by atoms with Crippen molar-refractivity contribution in [2.45, 2.75) is 70.0 Å². The van der Waals surface area contributed by atoms with Gasteiger partial charge in [-0.25, -0.2) is 22.2 Å². The SMILES string of the molecule is Cc1nn(CC(F)(F)F)c2c(-c3c([C@@H](N)Cc4cc(F)cc(F)c4)nc(C#CC(C)(C)S(C)(=O)=O)c4c3CCC4)ccc(Cl)c12. The van der Waals surface area contributed by atoms with Gasteiger partial charge in [0.25, 0.3) is 0 Å². The minimum Gasteiger partial charge on any atom is -0.322 e. The molecule has 238 valence electrons. The molecule has 2 aromatic carbocycles. The number of rotatable bonds is 6. The highest BCUT2D eigenvalue weighted by atomic mass is 35.5. The number of hydrogen-bond donors (Lipinski definition) is 1. The predicted octanol–water partition coefficient (Wildman–Crippen LogP) is 6.81. The maximum Gasteiger partial charge on any atom is 0.408 e. The largest absolute Gasteiger partial charge is 0.408 e. The Morgan fingerprint density at radius 3 is 2.36 bits per heavy atom. The molecule has 2 heterocycles. The Bertz CT molecular complexity index is 1990. The molecular formula is C32H30ClF5N4O2S. The van der Waals surface area contributed by atoms with E-state index in [1.54, 1.807) is 19.1 Å². The van der Waals surface area contributed by atoms with Gasteiger partial charge < -0.3 is 5.73 Å². The van der Waals surface area contributed by atoms with Crippen molar-refractivity contribution in [2.75, 3.05) is 6.26 Å². The van der Waals surface area contributed by atoms with Crippen LogP contribution in [0, 0.1) is 30.4 Å². The lowest BCUT2D eigenvalue weighted by molar-refractivity contribution is -0.141. The van der Waals surface area contributed by atoms with E-state index >= 15 is 0 Å². The van der Waals surface area contributed by atoms with E-state index in [1.807, 2.05) is 0 Å². The van der Waals surface area contributed by atoms with Crippen molar-refractivity contribution in [1.82, 2.24) is 14.8 Å². The Hall–Kier alpha value is -3.53. The Labute approximate surface area is 262 Å². The lowest BCUT2D eigenvalue weighted by Crippen LogP contribution is -2.28. The first kappa shape index (κ1) is 32.9. The topological polar surface area (TPSA) is 90.9 Å². The molecule has 0 spiro atoms. The van der Waals surface area contributed by atoms with Crippen LogP contribution in [0.25, 0.3) is 22.0 Å². The Kier molecular flexibility index (Phi) is 8.53. The van der Waals surface area contributed by atoms with Crippen molar-refractivity contribution in [1.29, 1.82) is 0 Å². The van der Waals surface area contributed by atoms with Gasteiger partial charge in [0, 0.05) is 28.8 Å². The smallest absolute Gasteiger partial charge is 0.322 e. The fraction of sp³-hybridized carbons (Fsp3) is 0.375. The minimum atomic E-state index is -4.59. The average Bonchev–Trinajstić information content (AvgIpc) is 3.51. The number of pyridine rings is 1. The summed E-state index contributed by atoms with van der Waals surface area (Å²) in [5, 5.41) is 4.73. The number of alkyl halides is 3. The van der Waals surface area contributed by atoms with E-state index in [2.05, 4.69) is 16.9 Å². The second-order valence-electron chi connectivity index (χ2n) is 11.8. The Morgan fingerprint density at radius 1 is 1.09 bits per heavy atom. The zero-order valence-electron chi connectivity index (χ0n) is 24.9. The molecule has 1 aliphatic carbocycles. The lowest BCUT2D eigenvalue weighted by Gasteiger charge is -2.22. The summed E-state index contributed by atoms with van der Waals surface area (Å²) in [6.45, 7) is 3.16. The quantitative estimate of drug-likeness (QED) is 0.181. The molecule has 0 unspecified atom stereocenters. The molecule has 13 heteroatoms. The third kappa shape index (κ3) is 6.57. The Morgan fingerprint density at radius 2 is 1.73 bits per heavy atom. The molecule has 0 amide bonds. The number of aromatic nitrogens is 3. The molecule has 2 N–H and O–H groups in total. The highest BCUT2D eigenvalue weighted by Gasteiger charge is 2.33. The van der Waals surface area contributed by atoms with Crippen LogP contribution in [0.2, 0.25) is 5.02 Å². The van der Waals surface area contributed by atoms with Gasteiger partial charge in [-0.1, -0.05) is 23.6 Å². The molecule has 45 heavy (non-hydrogen) atoms. The van der Waals surface area contributed by atoms with Crippen molar-refractivity contribution < 1.29 is 30.4 Å². The van der Waals surface area contributed by atoms with Gasteiger partial charge in [-0.3, -0.25) is 4.68 Å². The summed E-state index contributed by atoms with van der Waals surface area (Å²) in [5.74, 6) is 4.17. The van der Waals surface area contributed by atoms with Gasteiger partial charge in [0.2, 0.25) is 0 Å². The summed E-state index contributed by atoms with van der Waals surface area (Å²) in [4.78, 5) is 4.82. The zero-order valence-corrected chi connectivity index (χ0v) is 26.5. The first-order chi connectivity index (χ1) is 20.9. The lowest BCUT2D eigenvalue weighted by atomic mass is 9.89. The zero-order chi connectivity index (χ0) is 33.1. The van der Waals surface area contributed by atoms with Crippen molar-refractivity contribution in [3.05, 3.63) is 80.8 Å². The van der Waals surface area contributed by atoms with Crippen LogP contribution in [0.4, 0.5) is 22.0 Å². The molecule has 5 rings (SSSR count). The second-order valence-corrected chi connectivity index (χ2v) is 14.8. The maximum atomic E-state index is 14.1. The molecule has 4 aromatic rings. The minimum absolute atomic E-state index is 0.0628. The first-order valence-corrected chi connectivity index (χ1v) is 16.3. The van der Waals surface area contributed by atoms with Crippen LogP contribution in [-0.2, 0) is 35.6 Å². The standard InChI is InChI=1S/C32H30ClF5N4O2S/c1-17-27-24(33)9-8-23(30(27)42(41-17)16-32(36,37)38)28-22-7-5-6-21(22)26(10-11-31(2,3)45(4,43)44)40-29(28)25(39)14-18-12-19(34)15-20(35)13-18/h8-9,12-13,15,25H,5-7,14,16,39H2,1-4H3/t25-/m0/s1. The summed E-state index contributed by atoms with van der Waals surface area (Å²) in [5.41, 5.74) is 10.3. The van der Waals surface area contributed by atoms with E-state index in [0.717, 1.165) is 40.3 Å². The number of nitrogens with zero attached hydrogens (tertiary/aromatic N) is 3. The van der Waals surface area contributed by atoms with Gasteiger partial charge >= 0.3 is 6.18 Å². The molecule has 0 bridgehead atoms. The van der Waals surface area contributed by atoms with Crippen LogP contribution >= 0.6 is 11.6 Å². The summed E-state index contributed by atoms with van der Waals surface area (Å²) < 4.78 is 93.5. The van der Waals surface area contributed by atoms with E-state index in [4.69, 9.17) is 22.3 Å². The number of aryl methyl sites for hydroxylation is 1. The fourth-order valence-electron chi connectivity index (χ4n) is 5.68. The highest BCUT2D eigenvalue weighted by Crippen LogP contribution is 2.43. The third-order valence-electron chi connectivity index (χ3n) is 8.05. The van der Waals surface area contributed by atoms with Crippen molar-refractivity contribution in [3.8, 4) is 23.0 Å². The first-order valence-electron chi connectivity index (χ1n) is 14.1. The number of hydrogen-bond acceptors (Lipinski definition) is 5. The average molecular weight is 665 g/mol. The number of sulfone groups is 1. The van der Waals surface area contributed by atoms with Crippen LogP contribution in [0.15, 0.2) is 30.3 Å². The van der Waals surface area contributed by atoms with Crippen molar-refractivity contribution >= 4 is 32.3 Å². The monoisotopic (exact) mass is 664 g/mol. The molecule has 0 aliphatic heterocycles. The normalized spacial score (nSPS) is 14.4.